The number of hydrogen-bond acceptors (Lipinski definition) is 4. The molecule has 0 aromatic heterocycles. The first-order valence-electron chi connectivity index (χ1n) is 6.36. The van der Waals surface area contributed by atoms with Crippen LogP contribution in [-0.4, -0.2) is 38.5 Å². The molecule has 1 rings (SSSR count). The molecule has 0 bridgehead atoms. The maximum absolute atomic E-state index is 12.1. The summed E-state index contributed by atoms with van der Waals surface area (Å²) in [7, 11) is 4.06. The first-order chi connectivity index (χ1) is 10.8. The van der Waals surface area contributed by atoms with Crippen LogP contribution in [0, 0.1) is 0 Å². The first-order valence-corrected chi connectivity index (χ1v) is 6.36. The summed E-state index contributed by atoms with van der Waals surface area (Å²) < 4.78 is 51.0. The number of hydrogen-bond donors (Lipinski definition) is 0. The molecular weight excluding hydrogens is 315 g/mol. The van der Waals surface area contributed by atoms with Crippen molar-refractivity contribution in [3.05, 3.63) is 41.8 Å². The molecule has 0 saturated heterocycles. The SMILES string of the molecule is COC(=O)N(C=C=CC(F)(F)F)Cc1ccc(OC)c(OC)c1. The van der Waals surface area contributed by atoms with E-state index in [-0.39, 0.29) is 12.6 Å². The number of carbonyl (C=O) groups is 1. The van der Waals surface area contributed by atoms with E-state index in [0.29, 0.717) is 17.1 Å². The highest BCUT2D eigenvalue weighted by atomic mass is 19.4. The van der Waals surface area contributed by atoms with Crippen LogP contribution >= 0.6 is 0 Å². The topological polar surface area (TPSA) is 48.0 Å². The number of methoxy groups -OCH3 is 3. The average molecular weight is 331 g/mol. The van der Waals surface area contributed by atoms with Crippen LogP contribution in [0.1, 0.15) is 5.56 Å². The van der Waals surface area contributed by atoms with Gasteiger partial charge in [-0.15, -0.1) is 0 Å². The molecule has 0 aliphatic carbocycles. The molecule has 0 fully saturated rings. The average Bonchev–Trinajstić information content (AvgIpc) is 2.51. The number of amides is 1. The van der Waals surface area contributed by atoms with Crippen molar-refractivity contribution < 1.29 is 32.2 Å². The minimum absolute atomic E-state index is 0.0221. The maximum atomic E-state index is 12.1. The zero-order valence-corrected chi connectivity index (χ0v) is 12.8. The molecule has 1 amide bonds. The van der Waals surface area contributed by atoms with Gasteiger partial charge in [-0.2, -0.15) is 13.2 Å². The summed E-state index contributed by atoms with van der Waals surface area (Å²) >= 11 is 0. The number of halogens is 3. The van der Waals surface area contributed by atoms with E-state index in [9.17, 15) is 18.0 Å². The van der Waals surface area contributed by atoms with Gasteiger partial charge in [0.15, 0.2) is 11.5 Å². The number of allylic oxidation sites excluding steroid dienone is 1. The van der Waals surface area contributed by atoms with Gasteiger partial charge in [-0.25, -0.2) is 4.79 Å². The highest BCUT2D eigenvalue weighted by molar-refractivity contribution is 5.68. The first kappa shape index (κ1) is 18.4. The van der Waals surface area contributed by atoms with Gasteiger partial charge in [0.2, 0.25) is 0 Å². The number of benzene rings is 1. The summed E-state index contributed by atoms with van der Waals surface area (Å²) in [6, 6.07) is 4.88. The third-order valence-electron chi connectivity index (χ3n) is 2.69. The number of rotatable bonds is 5. The van der Waals surface area contributed by atoms with Crippen molar-refractivity contribution in [2.45, 2.75) is 12.7 Å². The van der Waals surface area contributed by atoms with Crippen molar-refractivity contribution in [2.24, 2.45) is 0 Å². The quantitative estimate of drug-likeness (QED) is 0.775. The van der Waals surface area contributed by atoms with Crippen molar-refractivity contribution in [2.75, 3.05) is 21.3 Å². The van der Waals surface area contributed by atoms with E-state index in [1.54, 1.807) is 18.2 Å². The van der Waals surface area contributed by atoms with Gasteiger partial charge in [0.05, 0.1) is 40.2 Å². The van der Waals surface area contributed by atoms with Crippen LogP contribution in [0.15, 0.2) is 36.2 Å². The van der Waals surface area contributed by atoms with Crippen LogP contribution in [0.2, 0.25) is 0 Å². The molecule has 0 saturated carbocycles. The van der Waals surface area contributed by atoms with E-state index in [1.807, 2.05) is 5.73 Å². The predicted octanol–water partition coefficient (Wildman–Crippen LogP) is 3.50. The maximum Gasteiger partial charge on any atom is 0.416 e. The van der Waals surface area contributed by atoms with Gasteiger partial charge < -0.3 is 14.2 Å². The third-order valence-corrected chi connectivity index (χ3v) is 2.69. The Morgan fingerprint density at radius 2 is 1.87 bits per heavy atom. The molecule has 5 nitrogen and oxygen atoms in total. The molecule has 0 unspecified atom stereocenters. The summed E-state index contributed by atoms with van der Waals surface area (Å²) in [5.74, 6) is 0.929. The highest BCUT2D eigenvalue weighted by Gasteiger charge is 2.22. The number of ether oxygens (including phenoxy) is 3. The van der Waals surface area contributed by atoms with E-state index in [1.165, 1.54) is 14.2 Å². The third kappa shape index (κ3) is 5.96. The summed E-state index contributed by atoms with van der Waals surface area (Å²) in [5, 5.41) is 0. The normalized spacial score (nSPS) is 10.3. The van der Waals surface area contributed by atoms with Crippen molar-refractivity contribution in [3.8, 4) is 11.5 Å². The molecule has 1 aromatic rings. The zero-order chi connectivity index (χ0) is 17.5. The van der Waals surface area contributed by atoms with Crippen LogP contribution in [0.25, 0.3) is 0 Å². The minimum atomic E-state index is -4.51. The predicted molar refractivity (Wildman–Crippen MR) is 76.2 cm³/mol. The van der Waals surface area contributed by atoms with Crippen molar-refractivity contribution >= 4 is 6.09 Å². The molecule has 0 spiro atoms. The molecule has 126 valence electrons. The zero-order valence-electron chi connectivity index (χ0n) is 12.8. The lowest BCUT2D eigenvalue weighted by Gasteiger charge is -2.17. The van der Waals surface area contributed by atoms with E-state index < -0.39 is 12.3 Å². The molecule has 8 heteroatoms. The van der Waals surface area contributed by atoms with Crippen molar-refractivity contribution in [1.82, 2.24) is 4.90 Å². The second-order valence-electron chi connectivity index (χ2n) is 4.27. The minimum Gasteiger partial charge on any atom is -0.493 e. The summed E-state index contributed by atoms with van der Waals surface area (Å²) in [6.45, 7) is -0.0221. The van der Waals surface area contributed by atoms with Gasteiger partial charge >= 0.3 is 12.3 Å². The van der Waals surface area contributed by atoms with Crippen LogP contribution in [-0.2, 0) is 11.3 Å². The molecular formula is C15H16F3NO4. The largest absolute Gasteiger partial charge is 0.493 e. The van der Waals surface area contributed by atoms with E-state index >= 15 is 0 Å². The Morgan fingerprint density at radius 1 is 1.22 bits per heavy atom. The molecule has 0 heterocycles. The van der Waals surface area contributed by atoms with Gasteiger partial charge in [0.1, 0.15) is 0 Å². The van der Waals surface area contributed by atoms with Gasteiger partial charge in [-0.05, 0) is 17.7 Å². The lowest BCUT2D eigenvalue weighted by atomic mass is 10.2. The highest BCUT2D eigenvalue weighted by Crippen LogP contribution is 2.28. The molecule has 0 aliphatic rings. The van der Waals surface area contributed by atoms with E-state index in [0.717, 1.165) is 18.2 Å². The molecule has 0 radical (unpaired) electrons. The monoisotopic (exact) mass is 331 g/mol. The van der Waals surface area contributed by atoms with Gasteiger partial charge in [0, 0.05) is 0 Å². The van der Waals surface area contributed by atoms with Gasteiger partial charge in [-0.1, -0.05) is 11.8 Å². The van der Waals surface area contributed by atoms with E-state index in [2.05, 4.69) is 4.74 Å². The Balaban J connectivity index is 3.02. The number of alkyl halides is 3. The fraction of sp³-hybridized carbons (Fsp3) is 0.333. The van der Waals surface area contributed by atoms with Crippen LogP contribution in [0.5, 0.6) is 11.5 Å². The summed E-state index contributed by atoms with van der Waals surface area (Å²) in [4.78, 5) is 12.6. The standard InChI is InChI=1S/C15H16F3NO4/c1-21-12-6-5-11(9-13(12)22-2)10-19(14(20)23-3)8-4-7-15(16,17)18/h5-9H,10H2,1-3H3. The molecule has 23 heavy (non-hydrogen) atoms. The molecule has 1 aromatic carbocycles. The fourth-order valence-electron chi connectivity index (χ4n) is 1.68. The molecule has 0 atom stereocenters. The lowest BCUT2D eigenvalue weighted by molar-refractivity contribution is -0.0797. The second kappa shape index (κ2) is 8.14. The Kier molecular flexibility index (Phi) is 6.53. The van der Waals surface area contributed by atoms with Crippen molar-refractivity contribution in [1.29, 1.82) is 0 Å². The second-order valence-corrected chi connectivity index (χ2v) is 4.27. The lowest BCUT2D eigenvalue weighted by Crippen LogP contribution is -2.24. The smallest absolute Gasteiger partial charge is 0.416 e. The Bertz CT molecular complexity index is 607. The van der Waals surface area contributed by atoms with Gasteiger partial charge in [-0.3, -0.25) is 4.90 Å². The Labute approximate surface area is 131 Å². The van der Waals surface area contributed by atoms with Crippen molar-refractivity contribution in [3.63, 3.8) is 0 Å². The Hall–Kier alpha value is -2.60. The number of nitrogens with zero attached hydrogens (tertiary/aromatic N) is 1. The van der Waals surface area contributed by atoms with Crippen LogP contribution in [0.3, 0.4) is 0 Å². The summed E-state index contributed by atoms with van der Waals surface area (Å²) in [5.41, 5.74) is 2.52. The van der Waals surface area contributed by atoms with Crippen LogP contribution in [0.4, 0.5) is 18.0 Å². The molecule has 0 N–H and O–H groups in total. The summed E-state index contributed by atoms with van der Waals surface area (Å²) in [6.07, 6.45) is -4.56. The fourth-order valence-corrected chi connectivity index (χ4v) is 1.68. The van der Waals surface area contributed by atoms with Gasteiger partial charge in [0.25, 0.3) is 0 Å². The Morgan fingerprint density at radius 3 is 2.39 bits per heavy atom. The molecule has 0 aliphatic heterocycles. The van der Waals surface area contributed by atoms with Crippen LogP contribution < -0.4 is 9.47 Å². The number of carbonyl (C=O) groups excluding carboxylic acids is 1. The van der Waals surface area contributed by atoms with E-state index in [4.69, 9.17) is 9.47 Å².